The van der Waals surface area contributed by atoms with E-state index in [0.717, 1.165) is 36.4 Å². The van der Waals surface area contributed by atoms with Crippen molar-refractivity contribution < 1.29 is 9.84 Å². The Bertz CT molecular complexity index is 845. The van der Waals surface area contributed by atoms with Crippen LogP contribution in [0, 0.1) is 0 Å². The molecule has 112 valence electrons. The number of methoxy groups -OCH3 is 1. The van der Waals surface area contributed by atoms with E-state index in [1.165, 1.54) is 19.0 Å². The van der Waals surface area contributed by atoms with Crippen LogP contribution in [-0.2, 0) is 13.0 Å². The highest BCUT2D eigenvalue weighted by atomic mass is 16.5. The summed E-state index contributed by atoms with van der Waals surface area (Å²) >= 11 is 0. The number of aromatic nitrogens is 4. The van der Waals surface area contributed by atoms with Crippen LogP contribution in [0.4, 0.5) is 5.82 Å². The smallest absolute Gasteiger partial charge is 0.161 e. The number of hydrogen-bond donors (Lipinski definition) is 2. The number of hydrogen-bond acceptors (Lipinski definition) is 6. The summed E-state index contributed by atoms with van der Waals surface area (Å²) in [5.74, 6) is 1.33. The van der Waals surface area contributed by atoms with Crippen molar-refractivity contribution >= 4 is 16.7 Å². The zero-order valence-electron chi connectivity index (χ0n) is 12.1. The molecule has 0 unspecified atom stereocenters. The fourth-order valence-electron chi connectivity index (χ4n) is 2.87. The molecule has 0 atom stereocenters. The van der Waals surface area contributed by atoms with Crippen LogP contribution < -0.4 is 9.64 Å². The number of aromatic amines is 1. The van der Waals surface area contributed by atoms with Gasteiger partial charge >= 0.3 is 0 Å². The molecule has 2 N–H and O–H groups in total. The van der Waals surface area contributed by atoms with Crippen molar-refractivity contribution in [3.05, 3.63) is 35.9 Å². The lowest BCUT2D eigenvalue weighted by atomic mass is 10.1. The first-order valence-corrected chi connectivity index (χ1v) is 7.04. The minimum absolute atomic E-state index is 0.0779. The number of fused-ring (bicyclic) bond motifs is 2. The van der Waals surface area contributed by atoms with E-state index in [-0.39, 0.29) is 5.75 Å². The average molecular weight is 297 g/mol. The molecule has 4 rings (SSSR count). The van der Waals surface area contributed by atoms with E-state index in [1.807, 2.05) is 6.20 Å². The summed E-state index contributed by atoms with van der Waals surface area (Å²) in [4.78, 5) is 10.9. The normalized spacial score (nSPS) is 14.1. The van der Waals surface area contributed by atoms with Crippen molar-refractivity contribution in [2.75, 3.05) is 18.6 Å². The molecule has 7 nitrogen and oxygen atoms in total. The molecule has 0 saturated heterocycles. The Labute approximate surface area is 126 Å². The molecule has 0 amide bonds. The van der Waals surface area contributed by atoms with E-state index in [0.29, 0.717) is 11.3 Å². The van der Waals surface area contributed by atoms with Crippen LogP contribution in [0.25, 0.3) is 10.9 Å². The maximum absolute atomic E-state index is 9.90. The Morgan fingerprint density at radius 1 is 1.32 bits per heavy atom. The largest absolute Gasteiger partial charge is 0.504 e. The van der Waals surface area contributed by atoms with Crippen molar-refractivity contribution in [1.82, 2.24) is 20.2 Å². The molecular weight excluding hydrogens is 282 g/mol. The lowest BCUT2D eigenvalue weighted by Crippen LogP contribution is -2.31. The second-order valence-electron chi connectivity index (χ2n) is 5.28. The van der Waals surface area contributed by atoms with Crippen LogP contribution in [0.2, 0.25) is 0 Å². The van der Waals surface area contributed by atoms with Gasteiger partial charge in [-0.2, -0.15) is 5.10 Å². The number of ether oxygens (including phenoxy) is 1. The van der Waals surface area contributed by atoms with Crippen LogP contribution in [0.1, 0.15) is 11.3 Å². The quantitative estimate of drug-likeness (QED) is 0.747. The van der Waals surface area contributed by atoms with Gasteiger partial charge in [0.05, 0.1) is 31.1 Å². The Morgan fingerprint density at radius 2 is 2.23 bits per heavy atom. The van der Waals surface area contributed by atoms with Crippen molar-refractivity contribution in [2.24, 2.45) is 0 Å². The highest BCUT2D eigenvalue weighted by Crippen LogP contribution is 2.35. The molecule has 0 spiro atoms. The first-order valence-electron chi connectivity index (χ1n) is 7.04. The molecule has 1 aliphatic rings. The van der Waals surface area contributed by atoms with E-state index in [9.17, 15) is 5.11 Å². The molecule has 2 aromatic heterocycles. The fourth-order valence-corrected chi connectivity index (χ4v) is 2.87. The van der Waals surface area contributed by atoms with E-state index in [4.69, 9.17) is 4.74 Å². The van der Waals surface area contributed by atoms with Crippen LogP contribution in [0.5, 0.6) is 11.5 Å². The van der Waals surface area contributed by atoms with Gasteiger partial charge in [0.25, 0.3) is 0 Å². The summed E-state index contributed by atoms with van der Waals surface area (Å²) in [7, 11) is 1.53. The van der Waals surface area contributed by atoms with Crippen molar-refractivity contribution in [3.8, 4) is 11.5 Å². The predicted molar refractivity (Wildman–Crippen MR) is 81.1 cm³/mol. The second kappa shape index (κ2) is 4.87. The van der Waals surface area contributed by atoms with Gasteiger partial charge < -0.3 is 14.7 Å². The molecule has 0 aliphatic carbocycles. The number of H-pyrrole nitrogens is 1. The van der Waals surface area contributed by atoms with Gasteiger partial charge in [-0.3, -0.25) is 5.10 Å². The second-order valence-corrected chi connectivity index (χ2v) is 5.28. The van der Waals surface area contributed by atoms with Crippen molar-refractivity contribution in [2.45, 2.75) is 13.0 Å². The zero-order valence-corrected chi connectivity index (χ0v) is 12.1. The first-order chi connectivity index (χ1) is 10.8. The summed E-state index contributed by atoms with van der Waals surface area (Å²) in [5.41, 5.74) is 3.06. The summed E-state index contributed by atoms with van der Waals surface area (Å²) in [6, 6.07) is 3.38. The Morgan fingerprint density at radius 3 is 3.09 bits per heavy atom. The molecule has 0 saturated carbocycles. The zero-order chi connectivity index (χ0) is 15.1. The molecule has 3 aromatic rings. The molecule has 7 heteroatoms. The Balaban J connectivity index is 1.82. The Hall–Kier alpha value is -2.83. The van der Waals surface area contributed by atoms with Gasteiger partial charge in [0.1, 0.15) is 12.1 Å². The minimum atomic E-state index is 0.0779. The minimum Gasteiger partial charge on any atom is -0.504 e. The maximum Gasteiger partial charge on any atom is 0.161 e. The summed E-state index contributed by atoms with van der Waals surface area (Å²) < 4.78 is 5.20. The number of phenols is 1. The van der Waals surface area contributed by atoms with Crippen LogP contribution in [0.3, 0.4) is 0 Å². The predicted octanol–water partition coefficient (Wildman–Crippen LogP) is 1.63. The molecule has 1 aliphatic heterocycles. The summed E-state index contributed by atoms with van der Waals surface area (Å²) in [6.45, 7) is 1.59. The van der Waals surface area contributed by atoms with Gasteiger partial charge in [-0.15, -0.1) is 0 Å². The number of nitrogens with one attached hydrogen (secondary N) is 1. The van der Waals surface area contributed by atoms with Gasteiger partial charge in [0, 0.05) is 18.0 Å². The monoisotopic (exact) mass is 297 g/mol. The van der Waals surface area contributed by atoms with E-state index < -0.39 is 0 Å². The lowest BCUT2D eigenvalue weighted by molar-refractivity contribution is 0.374. The molecule has 3 heterocycles. The number of anilines is 1. The van der Waals surface area contributed by atoms with Crippen molar-refractivity contribution in [3.63, 3.8) is 0 Å². The van der Waals surface area contributed by atoms with Gasteiger partial charge in [-0.1, -0.05) is 0 Å². The molecule has 22 heavy (non-hydrogen) atoms. The van der Waals surface area contributed by atoms with Crippen LogP contribution in [-0.4, -0.2) is 38.9 Å². The van der Waals surface area contributed by atoms with Gasteiger partial charge in [0.15, 0.2) is 11.5 Å². The third-order valence-corrected chi connectivity index (χ3v) is 4.02. The molecule has 0 radical (unpaired) electrons. The highest BCUT2D eigenvalue weighted by Gasteiger charge is 2.21. The summed E-state index contributed by atoms with van der Waals surface area (Å²) in [6.07, 6.45) is 4.32. The van der Waals surface area contributed by atoms with Gasteiger partial charge in [0.2, 0.25) is 0 Å². The van der Waals surface area contributed by atoms with E-state index >= 15 is 0 Å². The molecular formula is C15H15N5O2. The standard InChI is InChI=1S/C15H15N5O2/c1-22-14-4-10-11(5-13(14)21)16-8-17-15(10)20-3-2-9-6-18-19-12(9)7-20/h4-6,8,21H,2-3,7H2,1H3,(H,18,19). The number of phenolic OH excluding ortho intramolecular Hbond substituents is 1. The number of aromatic hydroxyl groups is 1. The van der Waals surface area contributed by atoms with Crippen LogP contribution in [0.15, 0.2) is 24.7 Å². The Kier molecular flexibility index (Phi) is 2.85. The summed E-state index contributed by atoms with van der Waals surface area (Å²) in [5, 5.41) is 17.9. The van der Waals surface area contributed by atoms with Gasteiger partial charge in [-0.25, -0.2) is 9.97 Å². The highest BCUT2D eigenvalue weighted by molar-refractivity contribution is 5.92. The number of nitrogens with zero attached hydrogens (tertiary/aromatic N) is 4. The number of benzene rings is 1. The third-order valence-electron chi connectivity index (χ3n) is 4.02. The van der Waals surface area contributed by atoms with Gasteiger partial charge in [-0.05, 0) is 18.1 Å². The van der Waals surface area contributed by atoms with E-state index in [1.54, 1.807) is 12.1 Å². The fraction of sp³-hybridized carbons (Fsp3) is 0.267. The third kappa shape index (κ3) is 1.93. The average Bonchev–Trinajstić information content (AvgIpc) is 3.01. The number of rotatable bonds is 2. The molecule has 1 aromatic carbocycles. The lowest BCUT2D eigenvalue weighted by Gasteiger charge is -2.28. The SMILES string of the molecule is COc1cc2c(N3CCc4cn[nH]c4C3)ncnc2cc1O. The first kappa shape index (κ1) is 12.9. The van der Waals surface area contributed by atoms with Crippen molar-refractivity contribution in [1.29, 1.82) is 0 Å². The van der Waals surface area contributed by atoms with Crippen LogP contribution >= 0.6 is 0 Å². The maximum atomic E-state index is 9.90. The molecule has 0 bridgehead atoms. The molecule has 0 fully saturated rings. The topological polar surface area (TPSA) is 87.2 Å². The van der Waals surface area contributed by atoms with E-state index in [2.05, 4.69) is 25.1 Å².